The Labute approximate surface area is 419 Å². The molecular formula is C54H62ClN7O7S. The normalized spacial score (nSPS) is 22.4. The van der Waals surface area contributed by atoms with Crippen LogP contribution < -0.4 is 15.4 Å². The van der Waals surface area contributed by atoms with E-state index in [-0.39, 0.29) is 66.5 Å². The minimum atomic E-state index is -0.969. The maximum atomic E-state index is 14.2. The molecule has 0 radical (unpaired) electrons. The molecule has 3 aliphatic heterocycles. The van der Waals surface area contributed by atoms with Crippen molar-refractivity contribution < 1.29 is 33.8 Å². The molecule has 14 nitrogen and oxygen atoms in total. The molecule has 8 rings (SSSR count). The summed E-state index contributed by atoms with van der Waals surface area (Å²) in [6.45, 7) is 19.8. The van der Waals surface area contributed by atoms with E-state index < -0.39 is 35.4 Å². The Morgan fingerprint density at radius 2 is 1.73 bits per heavy atom. The van der Waals surface area contributed by atoms with Gasteiger partial charge < -0.3 is 35.0 Å². The number of carbonyl (C=O) groups excluding carboxylic acids is 4. The number of hydrogen-bond donors (Lipinski definition) is 3. The minimum absolute atomic E-state index is 0.00644. The first-order chi connectivity index (χ1) is 33.1. The van der Waals surface area contributed by atoms with Crippen molar-refractivity contribution >= 4 is 46.6 Å². The SMILES string of the molecule is Cc1ncsc1-c1ccc([C@H](C)NC(=O)[C@@H]2C[C@@H](O)CN2C(=O)[C@@H](NC(=O)COC2CN(CC#Cc3ccc4c(c3)CN(C3C(C)(C)C(Oc5ccc(C#N)c(Cl)c5)C3(C)C)C4=O)C2)C(C)(C)C)cc1. The van der Waals surface area contributed by atoms with Gasteiger partial charge >= 0.3 is 0 Å². The zero-order valence-corrected chi connectivity index (χ0v) is 42.8. The van der Waals surface area contributed by atoms with Crippen LogP contribution in [0.2, 0.25) is 5.02 Å². The van der Waals surface area contributed by atoms with Gasteiger partial charge in [-0.2, -0.15) is 5.26 Å². The number of nitriles is 1. The second kappa shape index (κ2) is 19.8. The number of aryl methyl sites for hydroxylation is 1. The first-order valence-corrected chi connectivity index (χ1v) is 25.0. The van der Waals surface area contributed by atoms with Crippen LogP contribution in [0, 0.1) is 46.3 Å². The molecule has 1 saturated carbocycles. The van der Waals surface area contributed by atoms with Gasteiger partial charge in [0.15, 0.2) is 0 Å². The van der Waals surface area contributed by atoms with Gasteiger partial charge in [0.1, 0.15) is 36.6 Å². The van der Waals surface area contributed by atoms with Gasteiger partial charge in [-0.05, 0) is 66.3 Å². The molecule has 4 aromatic rings. The predicted molar refractivity (Wildman–Crippen MR) is 268 cm³/mol. The molecule has 3 aromatic carbocycles. The molecule has 4 aliphatic rings. The lowest BCUT2D eigenvalue weighted by atomic mass is 9.49. The molecule has 1 aromatic heterocycles. The van der Waals surface area contributed by atoms with Gasteiger partial charge in [0.05, 0.1) is 51.5 Å². The van der Waals surface area contributed by atoms with Crippen molar-refractivity contribution in [3.05, 3.63) is 105 Å². The Morgan fingerprint density at radius 1 is 1.01 bits per heavy atom. The third-order valence-electron chi connectivity index (χ3n) is 14.3. The van der Waals surface area contributed by atoms with Gasteiger partial charge in [-0.15, -0.1) is 11.3 Å². The van der Waals surface area contributed by atoms with Crippen LogP contribution in [0.1, 0.15) is 106 Å². The van der Waals surface area contributed by atoms with Crippen LogP contribution >= 0.6 is 22.9 Å². The van der Waals surface area contributed by atoms with E-state index in [1.807, 2.05) is 87.5 Å². The lowest BCUT2D eigenvalue weighted by molar-refractivity contribution is -0.199. The summed E-state index contributed by atoms with van der Waals surface area (Å²) >= 11 is 7.87. The maximum absolute atomic E-state index is 14.2. The average Bonchev–Trinajstić information content (AvgIpc) is 3.99. The van der Waals surface area contributed by atoms with E-state index in [1.165, 1.54) is 4.90 Å². The topological polar surface area (TPSA) is 177 Å². The van der Waals surface area contributed by atoms with E-state index in [0.29, 0.717) is 48.1 Å². The van der Waals surface area contributed by atoms with Crippen molar-refractivity contribution in [3.8, 4) is 34.1 Å². The number of thiazole rings is 1. The van der Waals surface area contributed by atoms with E-state index in [1.54, 1.807) is 29.5 Å². The highest BCUT2D eigenvalue weighted by Gasteiger charge is 2.67. The Bertz CT molecular complexity index is 2760. The highest BCUT2D eigenvalue weighted by atomic mass is 35.5. The number of nitrogens with zero attached hydrogens (tertiary/aromatic N) is 5. The molecule has 4 amide bonds. The Morgan fingerprint density at radius 3 is 2.37 bits per heavy atom. The number of carbonyl (C=O) groups is 4. The molecule has 368 valence electrons. The predicted octanol–water partition coefficient (Wildman–Crippen LogP) is 6.90. The number of hydrogen-bond acceptors (Lipinski definition) is 11. The Kier molecular flexibility index (Phi) is 14.3. The number of aliphatic hydroxyl groups is 1. The number of β-amino-alcohol motifs (C(OH)–C–C–N with tert-alkyl or cyclic N) is 1. The second-order valence-corrected chi connectivity index (χ2v) is 22.7. The number of ether oxygens (including phenoxy) is 2. The molecule has 70 heavy (non-hydrogen) atoms. The summed E-state index contributed by atoms with van der Waals surface area (Å²) in [5.41, 5.74) is 6.09. The van der Waals surface area contributed by atoms with Crippen molar-refractivity contribution in [1.82, 2.24) is 30.3 Å². The smallest absolute Gasteiger partial charge is 0.254 e. The quantitative estimate of drug-likeness (QED) is 0.119. The number of rotatable bonds is 13. The zero-order valence-electron chi connectivity index (χ0n) is 41.3. The molecule has 2 saturated heterocycles. The van der Waals surface area contributed by atoms with Crippen molar-refractivity contribution in [2.45, 2.75) is 118 Å². The summed E-state index contributed by atoms with van der Waals surface area (Å²) in [6, 6.07) is 18.5. The number of benzene rings is 3. The van der Waals surface area contributed by atoms with Crippen molar-refractivity contribution in [2.75, 3.05) is 32.8 Å². The van der Waals surface area contributed by atoms with E-state index in [2.05, 4.69) is 66.1 Å². The Hall–Kier alpha value is -5.81. The molecule has 0 bridgehead atoms. The first-order valence-electron chi connectivity index (χ1n) is 23.8. The van der Waals surface area contributed by atoms with Gasteiger partial charge in [-0.3, -0.25) is 24.1 Å². The number of amides is 4. The third kappa shape index (κ3) is 10.2. The molecular weight excluding hydrogens is 926 g/mol. The van der Waals surface area contributed by atoms with E-state index in [4.69, 9.17) is 21.1 Å². The molecule has 1 aliphatic carbocycles. The van der Waals surface area contributed by atoms with E-state index in [9.17, 15) is 29.5 Å². The number of nitrogens with one attached hydrogen (secondary N) is 2. The highest BCUT2D eigenvalue weighted by molar-refractivity contribution is 7.13. The van der Waals surface area contributed by atoms with Gasteiger partial charge in [0.25, 0.3) is 5.91 Å². The van der Waals surface area contributed by atoms with Crippen LogP contribution in [-0.4, -0.2) is 118 Å². The molecule has 4 heterocycles. The molecule has 4 atom stereocenters. The highest BCUT2D eigenvalue weighted by Crippen LogP contribution is 2.59. The summed E-state index contributed by atoms with van der Waals surface area (Å²) in [5.74, 6) is 5.83. The van der Waals surface area contributed by atoms with Crippen LogP contribution in [0.3, 0.4) is 0 Å². The van der Waals surface area contributed by atoms with E-state index >= 15 is 0 Å². The fourth-order valence-electron chi connectivity index (χ4n) is 11.1. The molecule has 0 unspecified atom stereocenters. The summed E-state index contributed by atoms with van der Waals surface area (Å²) in [6.07, 6.45) is -1.18. The van der Waals surface area contributed by atoms with Crippen molar-refractivity contribution in [1.29, 1.82) is 5.26 Å². The monoisotopic (exact) mass is 987 g/mol. The Balaban J connectivity index is 0.793. The van der Waals surface area contributed by atoms with E-state index in [0.717, 1.165) is 32.8 Å². The van der Waals surface area contributed by atoms with Crippen LogP contribution in [0.4, 0.5) is 0 Å². The minimum Gasteiger partial charge on any atom is -0.489 e. The first kappa shape index (κ1) is 50.6. The van der Waals surface area contributed by atoms with Gasteiger partial charge in [0.2, 0.25) is 17.7 Å². The molecule has 16 heteroatoms. The molecule has 0 spiro atoms. The molecule has 3 fully saturated rings. The third-order valence-corrected chi connectivity index (χ3v) is 15.6. The van der Waals surface area contributed by atoms with Gasteiger partial charge in [0, 0.05) is 66.7 Å². The summed E-state index contributed by atoms with van der Waals surface area (Å²) < 4.78 is 12.4. The maximum Gasteiger partial charge on any atom is 0.254 e. The van der Waals surface area contributed by atoms with Crippen LogP contribution in [0.5, 0.6) is 5.75 Å². The summed E-state index contributed by atoms with van der Waals surface area (Å²) in [7, 11) is 0. The summed E-state index contributed by atoms with van der Waals surface area (Å²) in [5, 5.41) is 26.2. The van der Waals surface area contributed by atoms with Crippen LogP contribution in [-0.2, 0) is 25.7 Å². The average molecular weight is 989 g/mol. The van der Waals surface area contributed by atoms with Crippen molar-refractivity contribution in [2.24, 2.45) is 16.2 Å². The largest absolute Gasteiger partial charge is 0.489 e. The van der Waals surface area contributed by atoms with Crippen LogP contribution in [0.15, 0.2) is 66.2 Å². The lowest BCUT2D eigenvalue weighted by Gasteiger charge is -2.65. The summed E-state index contributed by atoms with van der Waals surface area (Å²) in [4.78, 5) is 65.9. The fraction of sp³-hybridized carbons (Fsp3) is 0.481. The number of likely N-dealkylation sites (tertiary alicyclic amines) is 2. The zero-order chi connectivity index (χ0) is 50.4. The number of aromatic nitrogens is 1. The lowest BCUT2D eigenvalue weighted by Crippen LogP contribution is -2.74. The van der Waals surface area contributed by atoms with Gasteiger partial charge in [-0.25, -0.2) is 4.98 Å². The van der Waals surface area contributed by atoms with Crippen LogP contribution in [0.25, 0.3) is 10.4 Å². The number of halogens is 1. The standard InChI is InChI=1S/C54H62ClN7O7S/c1-31(34-13-15-35(16-14-34)45-32(2)57-30-70-45)58-47(65)43-22-38(63)26-61(43)49(67)46(52(3,4)5)59-44(64)29-68-40-27-60(28-40)20-10-11-33-12-19-41-37(21-33)25-62(48(41)66)50-53(6,7)51(54(50,8)9)69-39-18-17-36(24-56)42(55)23-39/h12-19,21,23,30-31,38,40,43,46,50-51,63H,20,22,25-29H2,1-9H3,(H,58,65)(H,59,64)/t31-,38+,43-,46+,50?,51?/m0/s1. The second-order valence-electron chi connectivity index (χ2n) is 21.4. The van der Waals surface area contributed by atoms with Gasteiger partial charge in [-0.1, -0.05) is 96.2 Å². The number of fused-ring (bicyclic) bond motifs is 1. The number of aliphatic hydroxyl groups excluding tert-OH is 1. The van der Waals surface area contributed by atoms with Crippen molar-refractivity contribution in [3.63, 3.8) is 0 Å². The molecule has 3 N–H and O–H groups in total. The fourth-order valence-corrected chi connectivity index (χ4v) is 12.1.